The maximum absolute atomic E-state index is 12.6. The molecule has 8 nitrogen and oxygen atoms in total. The van der Waals surface area contributed by atoms with E-state index < -0.39 is 17.8 Å². The van der Waals surface area contributed by atoms with Crippen LogP contribution in [0.5, 0.6) is 5.75 Å². The Labute approximate surface area is 186 Å². The van der Waals surface area contributed by atoms with Crippen LogP contribution in [0.2, 0.25) is 0 Å². The van der Waals surface area contributed by atoms with Gasteiger partial charge in [-0.1, -0.05) is 24.3 Å². The standard InChI is InChI=1S/C24H27N3O5/c28-18-10-24(11-18)23(31)26-20-9-16(5-6-21(20)32-24)22(30)25-12-19(29)14-27-8-7-15-3-1-2-4-17(15)13-27/h1-6,9,18-19,28-29H,7-8,10-14H2,(H,25,30)(H,26,31)/t18?,19-,24?/m0/s1. The predicted octanol–water partition coefficient (Wildman–Crippen LogP) is 1.06. The van der Waals surface area contributed by atoms with Crippen LogP contribution in [0, 0.1) is 0 Å². The maximum Gasteiger partial charge on any atom is 0.268 e. The van der Waals surface area contributed by atoms with Gasteiger partial charge in [-0.2, -0.15) is 0 Å². The summed E-state index contributed by atoms with van der Waals surface area (Å²) in [7, 11) is 0. The monoisotopic (exact) mass is 437 g/mol. The number of aliphatic hydroxyl groups is 2. The van der Waals surface area contributed by atoms with E-state index in [-0.39, 0.29) is 31.2 Å². The second kappa shape index (κ2) is 8.20. The van der Waals surface area contributed by atoms with E-state index in [1.54, 1.807) is 18.2 Å². The Morgan fingerprint density at radius 3 is 2.81 bits per heavy atom. The lowest BCUT2D eigenvalue weighted by Crippen LogP contribution is -2.61. The number of hydrogen-bond donors (Lipinski definition) is 4. The molecule has 2 heterocycles. The van der Waals surface area contributed by atoms with E-state index in [1.165, 1.54) is 11.1 Å². The van der Waals surface area contributed by atoms with E-state index in [0.29, 0.717) is 23.5 Å². The molecule has 1 spiro atoms. The van der Waals surface area contributed by atoms with E-state index in [0.717, 1.165) is 19.5 Å². The maximum atomic E-state index is 12.6. The predicted molar refractivity (Wildman–Crippen MR) is 117 cm³/mol. The highest BCUT2D eigenvalue weighted by molar-refractivity contribution is 6.03. The number of fused-ring (bicyclic) bond motifs is 2. The normalized spacial score (nSPS) is 25.1. The van der Waals surface area contributed by atoms with Gasteiger partial charge in [0.2, 0.25) is 0 Å². The van der Waals surface area contributed by atoms with Gasteiger partial charge in [-0.15, -0.1) is 0 Å². The van der Waals surface area contributed by atoms with Crippen LogP contribution in [-0.4, -0.2) is 64.4 Å². The fraction of sp³-hybridized carbons (Fsp3) is 0.417. The summed E-state index contributed by atoms with van der Waals surface area (Å²) in [6.07, 6.45) is 0.272. The molecule has 8 heteroatoms. The van der Waals surface area contributed by atoms with Crippen LogP contribution in [0.1, 0.15) is 34.3 Å². The lowest BCUT2D eigenvalue weighted by atomic mass is 9.76. The molecule has 0 bridgehead atoms. The number of aliphatic hydroxyl groups excluding tert-OH is 2. The van der Waals surface area contributed by atoms with Crippen LogP contribution in [0.4, 0.5) is 5.69 Å². The number of hydrogen-bond acceptors (Lipinski definition) is 6. The fourth-order valence-electron chi connectivity index (χ4n) is 4.71. The van der Waals surface area contributed by atoms with Crippen LogP contribution in [0.3, 0.4) is 0 Å². The van der Waals surface area contributed by atoms with E-state index in [1.807, 2.05) is 12.1 Å². The minimum atomic E-state index is -1.00. The zero-order chi connectivity index (χ0) is 22.3. The number of ether oxygens (including phenoxy) is 1. The lowest BCUT2D eigenvalue weighted by molar-refractivity contribution is -0.153. The Morgan fingerprint density at radius 1 is 1.25 bits per heavy atom. The minimum Gasteiger partial charge on any atom is -0.475 e. The van der Waals surface area contributed by atoms with Crippen molar-refractivity contribution >= 4 is 17.5 Å². The third kappa shape index (κ3) is 3.97. The highest BCUT2D eigenvalue weighted by Gasteiger charge is 2.54. The van der Waals surface area contributed by atoms with Gasteiger partial charge in [0, 0.05) is 44.6 Å². The van der Waals surface area contributed by atoms with E-state index >= 15 is 0 Å². The molecule has 0 radical (unpaired) electrons. The average molecular weight is 437 g/mol. The molecular formula is C24H27N3O5. The van der Waals surface area contributed by atoms with Crippen LogP contribution < -0.4 is 15.4 Å². The molecule has 2 aromatic carbocycles. The van der Waals surface area contributed by atoms with Crippen LogP contribution >= 0.6 is 0 Å². The first kappa shape index (κ1) is 20.9. The molecule has 2 amide bonds. The smallest absolute Gasteiger partial charge is 0.268 e. The molecule has 2 aliphatic heterocycles. The third-order valence-corrected chi connectivity index (χ3v) is 6.52. The summed E-state index contributed by atoms with van der Waals surface area (Å²) in [5.41, 5.74) is 2.44. The Bertz CT molecular complexity index is 1050. The topological polar surface area (TPSA) is 111 Å². The van der Waals surface area contributed by atoms with E-state index in [4.69, 9.17) is 4.74 Å². The molecule has 3 aliphatic rings. The fourth-order valence-corrected chi connectivity index (χ4v) is 4.71. The Kier molecular flexibility index (Phi) is 5.36. The Morgan fingerprint density at radius 2 is 2.03 bits per heavy atom. The zero-order valence-corrected chi connectivity index (χ0v) is 17.7. The van der Waals surface area contributed by atoms with Crippen LogP contribution in [0.25, 0.3) is 0 Å². The first-order valence-electron chi connectivity index (χ1n) is 11.0. The summed E-state index contributed by atoms with van der Waals surface area (Å²) in [5.74, 6) is -0.144. The molecule has 0 aromatic heterocycles. The van der Waals surface area contributed by atoms with Gasteiger partial charge in [-0.05, 0) is 35.7 Å². The van der Waals surface area contributed by atoms with Gasteiger partial charge in [0.25, 0.3) is 11.8 Å². The average Bonchev–Trinajstić information content (AvgIpc) is 2.76. The molecule has 5 rings (SSSR count). The highest BCUT2D eigenvalue weighted by atomic mass is 16.5. The zero-order valence-electron chi connectivity index (χ0n) is 17.7. The van der Waals surface area contributed by atoms with Crippen molar-refractivity contribution in [1.29, 1.82) is 0 Å². The molecular weight excluding hydrogens is 410 g/mol. The first-order valence-corrected chi connectivity index (χ1v) is 11.0. The molecule has 4 N–H and O–H groups in total. The van der Waals surface area contributed by atoms with Crippen LogP contribution in [-0.2, 0) is 17.8 Å². The number of rotatable bonds is 5. The highest BCUT2D eigenvalue weighted by Crippen LogP contribution is 2.44. The molecule has 0 saturated heterocycles. The Balaban J connectivity index is 1.15. The number of amides is 2. The van der Waals surface area contributed by atoms with Gasteiger partial charge >= 0.3 is 0 Å². The summed E-state index contributed by atoms with van der Waals surface area (Å²) < 4.78 is 5.83. The van der Waals surface area contributed by atoms with Crippen molar-refractivity contribution in [3.63, 3.8) is 0 Å². The number of carbonyl (C=O) groups is 2. The van der Waals surface area contributed by atoms with Crippen molar-refractivity contribution in [3.8, 4) is 5.75 Å². The van der Waals surface area contributed by atoms with Crippen molar-refractivity contribution in [3.05, 3.63) is 59.2 Å². The van der Waals surface area contributed by atoms with Gasteiger partial charge in [0.15, 0.2) is 5.60 Å². The van der Waals surface area contributed by atoms with Crippen molar-refractivity contribution in [2.24, 2.45) is 0 Å². The van der Waals surface area contributed by atoms with Crippen molar-refractivity contribution in [2.45, 2.75) is 43.6 Å². The molecule has 1 fully saturated rings. The second-order valence-corrected chi connectivity index (χ2v) is 8.94. The molecule has 1 aliphatic carbocycles. The largest absolute Gasteiger partial charge is 0.475 e. The van der Waals surface area contributed by atoms with Gasteiger partial charge in [-0.25, -0.2) is 0 Å². The molecule has 168 valence electrons. The molecule has 1 saturated carbocycles. The van der Waals surface area contributed by atoms with Gasteiger partial charge in [0.1, 0.15) is 5.75 Å². The van der Waals surface area contributed by atoms with Gasteiger partial charge in [-0.3, -0.25) is 14.5 Å². The van der Waals surface area contributed by atoms with Crippen molar-refractivity contribution in [2.75, 3.05) is 25.0 Å². The summed E-state index contributed by atoms with van der Waals surface area (Å²) >= 11 is 0. The number of anilines is 1. The number of carbonyl (C=O) groups excluding carboxylic acids is 2. The van der Waals surface area contributed by atoms with Gasteiger partial charge in [0.05, 0.1) is 17.9 Å². The van der Waals surface area contributed by atoms with Crippen molar-refractivity contribution < 1.29 is 24.5 Å². The van der Waals surface area contributed by atoms with Gasteiger partial charge < -0.3 is 25.6 Å². The number of nitrogens with zero attached hydrogens (tertiary/aromatic N) is 1. The van der Waals surface area contributed by atoms with E-state index in [9.17, 15) is 19.8 Å². The molecule has 1 atom stereocenters. The number of β-amino-alcohol motifs (C(OH)–C–C–N with tert-alkyl or cyclic N) is 1. The summed E-state index contributed by atoms with van der Waals surface area (Å²) in [5, 5.41) is 25.5. The Hall–Kier alpha value is -2.94. The molecule has 2 aromatic rings. The summed E-state index contributed by atoms with van der Waals surface area (Å²) in [6.45, 7) is 2.30. The SMILES string of the molecule is O=C(NC[C@H](O)CN1CCc2ccccc2C1)c1ccc2c(c1)NC(=O)C1(CC(O)C1)O2. The summed E-state index contributed by atoms with van der Waals surface area (Å²) in [6, 6.07) is 13.2. The van der Waals surface area contributed by atoms with E-state index in [2.05, 4.69) is 27.7 Å². The molecule has 0 unspecified atom stereocenters. The second-order valence-electron chi connectivity index (χ2n) is 8.94. The van der Waals surface area contributed by atoms with Crippen LogP contribution in [0.15, 0.2) is 42.5 Å². The lowest BCUT2D eigenvalue weighted by Gasteiger charge is -2.46. The quantitative estimate of drug-likeness (QED) is 0.557. The van der Waals surface area contributed by atoms with Crippen molar-refractivity contribution in [1.82, 2.24) is 10.2 Å². The number of benzene rings is 2. The number of nitrogens with one attached hydrogen (secondary N) is 2. The minimum absolute atomic E-state index is 0.137. The summed E-state index contributed by atoms with van der Waals surface area (Å²) in [4.78, 5) is 27.2. The molecule has 32 heavy (non-hydrogen) atoms. The first-order chi connectivity index (χ1) is 15.4. The third-order valence-electron chi connectivity index (χ3n) is 6.52.